The van der Waals surface area contributed by atoms with Gasteiger partial charge in [-0.15, -0.1) is 0 Å². The van der Waals surface area contributed by atoms with Crippen LogP contribution < -0.4 is 14.9 Å². The molecular formula is C25H22Cl2N2O4. The van der Waals surface area contributed by atoms with Crippen LogP contribution in [0.4, 0.5) is 0 Å². The second-order valence-electron chi connectivity index (χ2n) is 7.15. The molecule has 1 amide bonds. The summed E-state index contributed by atoms with van der Waals surface area (Å²) in [6.45, 7) is 3.76. The highest BCUT2D eigenvalue weighted by molar-refractivity contribution is 6.35. The molecule has 3 aromatic rings. The van der Waals surface area contributed by atoms with Gasteiger partial charge in [0.15, 0.2) is 6.10 Å². The first-order valence-electron chi connectivity index (χ1n) is 10.2. The lowest BCUT2D eigenvalue weighted by Gasteiger charge is -2.16. The maximum atomic E-state index is 12.4. The zero-order valence-electron chi connectivity index (χ0n) is 18.0. The van der Waals surface area contributed by atoms with E-state index >= 15 is 0 Å². The van der Waals surface area contributed by atoms with Gasteiger partial charge in [0.2, 0.25) is 0 Å². The van der Waals surface area contributed by atoms with Crippen molar-refractivity contribution in [3.05, 3.63) is 93.5 Å². The standard InChI is InChI=1S/C25H22Cl2N2O4/c1-3-22(33-23-13-10-19(26)14-21(23)27)24(30)29-28-15-17-6-11-20(12-7-17)32-25(31)18-8-4-16(2)5-9-18/h4-15,22H,3H2,1-2H3,(H,29,30)/b28-15-/t22-/m1/s1. The first kappa shape index (κ1) is 24.3. The van der Waals surface area contributed by atoms with Gasteiger partial charge in [0.05, 0.1) is 16.8 Å². The molecule has 6 nitrogen and oxygen atoms in total. The Bertz CT molecular complexity index is 1150. The molecule has 0 radical (unpaired) electrons. The Morgan fingerprint density at radius 2 is 1.73 bits per heavy atom. The molecule has 3 rings (SSSR count). The molecule has 170 valence electrons. The molecule has 0 spiro atoms. The van der Waals surface area contributed by atoms with E-state index in [2.05, 4.69) is 10.5 Å². The number of hydrazone groups is 1. The quantitative estimate of drug-likeness (QED) is 0.189. The second-order valence-corrected chi connectivity index (χ2v) is 7.99. The van der Waals surface area contributed by atoms with Gasteiger partial charge in [0.1, 0.15) is 11.5 Å². The molecule has 1 N–H and O–H groups in total. The van der Waals surface area contributed by atoms with E-state index in [9.17, 15) is 9.59 Å². The Hall–Kier alpha value is -3.35. The molecule has 33 heavy (non-hydrogen) atoms. The molecule has 0 unspecified atom stereocenters. The number of carbonyl (C=O) groups is 2. The number of nitrogens with zero attached hydrogens (tertiary/aromatic N) is 1. The van der Waals surface area contributed by atoms with Crippen molar-refractivity contribution in [2.24, 2.45) is 5.10 Å². The van der Waals surface area contributed by atoms with E-state index in [-0.39, 0.29) is 0 Å². The van der Waals surface area contributed by atoms with Gasteiger partial charge in [-0.2, -0.15) is 5.10 Å². The van der Waals surface area contributed by atoms with Gasteiger partial charge in [0, 0.05) is 5.02 Å². The van der Waals surface area contributed by atoms with Crippen LogP contribution in [0.15, 0.2) is 71.8 Å². The summed E-state index contributed by atoms with van der Waals surface area (Å²) in [6.07, 6.45) is 1.12. The van der Waals surface area contributed by atoms with Crippen molar-refractivity contribution in [3.8, 4) is 11.5 Å². The largest absolute Gasteiger partial charge is 0.479 e. The maximum Gasteiger partial charge on any atom is 0.343 e. The lowest BCUT2D eigenvalue weighted by molar-refractivity contribution is -0.128. The highest BCUT2D eigenvalue weighted by atomic mass is 35.5. The van der Waals surface area contributed by atoms with Crippen LogP contribution in [0, 0.1) is 6.92 Å². The zero-order chi connectivity index (χ0) is 23.8. The number of aryl methyl sites for hydroxylation is 1. The SMILES string of the molecule is CC[C@@H](Oc1ccc(Cl)cc1Cl)C(=O)N/N=C\c1ccc(OC(=O)c2ccc(C)cc2)cc1. The summed E-state index contributed by atoms with van der Waals surface area (Å²) in [5.74, 6) is -0.0811. The molecule has 0 bridgehead atoms. The number of hydrogen-bond acceptors (Lipinski definition) is 5. The number of esters is 1. The molecule has 0 aliphatic heterocycles. The minimum absolute atomic E-state index is 0.320. The lowest BCUT2D eigenvalue weighted by Crippen LogP contribution is -2.35. The topological polar surface area (TPSA) is 77.0 Å². The van der Waals surface area contributed by atoms with Crippen LogP contribution in [-0.4, -0.2) is 24.2 Å². The maximum absolute atomic E-state index is 12.4. The van der Waals surface area contributed by atoms with E-state index in [1.54, 1.807) is 54.6 Å². The fourth-order valence-electron chi connectivity index (χ4n) is 2.77. The van der Waals surface area contributed by atoms with Gasteiger partial charge in [-0.05, 0) is 73.5 Å². The number of carbonyl (C=O) groups excluding carboxylic acids is 2. The molecule has 1 atom stereocenters. The molecule has 8 heteroatoms. The third-order valence-electron chi connectivity index (χ3n) is 4.59. The third kappa shape index (κ3) is 7.07. The number of hydrogen-bond donors (Lipinski definition) is 1. The van der Waals surface area contributed by atoms with Crippen molar-refractivity contribution < 1.29 is 19.1 Å². The molecule has 0 saturated carbocycles. The predicted molar refractivity (Wildman–Crippen MR) is 129 cm³/mol. The number of rotatable bonds is 8. The Kier molecular flexibility index (Phi) is 8.46. The molecule has 0 saturated heterocycles. The van der Waals surface area contributed by atoms with Crippen LogP contribution in [0.5, 0.6) is 11.5 Å². The molecular weight excluding hydrogens is 463 g/mol. The van der Waals surface area contributed by atoms with Gasteiger partial charge >= 0.3 is 5.97 Å². The summed E-state index contributed by atoms with van der Waals surface area (Å²) >= 11 is 12.0. The van der Waals surface area contributed by atoms with Crippen LogP contribution in [0.3, 0.4) is 0 Å². The van der Waals surface area contributed by atoms with Crippen molar-refractivity contribution in [1.82, 2.24) is 5.43 Å². The normalized spacial score (nSPS) is 11.8. The molecule has 0 fully saturated rings. The Morgan fingerprint density at radius 1 is 1.03 bits per heavy atom. The number of amides is 1. The Morgan fingerprint density at radius 3 is 2.36 bits per heavy atom. The lowest BCUT2D eigenvalue weighted by atomic mass is 10.1. The number of halogens is 2. The van der Waals surface area contributed by atoms with E-state index in [1.807, 2.05) is 26.0 Å². The first-order chi connectivity index (χ1) is 15.9. The van der Waals surface area contributed by atoms with Gasteiger partial charge in [0.25, 0.3) is 5.91 Å². The highest BCUT2D eigenvalue weighted by Gasteiger charge is 2.19. The smallest absolute Gasteiger partial charge is 0.343 e. The Balaban J connectivity index is 1.54. The molecule has 0 aliphatic carbocycles. The highest BCUT2D eigenvalue weighted by Crippen LogP contribution is 2.28. The summed E-state index contributed by atoms with van der Waals surface area (Å²) in [5, 5.41) is 4.77. The zero-order valence-corrected chi connectivity index (χ0v) is 19.6. The molecule has 3 aromatic carbocycles. The number of benzene rings is 3. The van der Waals surface area contributed by atoms with Crippen LogP contribution >= 0.6 is 23.2 Å². The van der Waals surface area contributed by atoms with Crippen LogP contribution in [0.2, 0.25) is 10.0 Å². The Labute approximate surface area is 202 Å². The summed E-state index contributed by atoms with van der Waals surface area (Å²) in [5.41, 5.74) is 4.70. The van der Waals surface area contributed by atoms with Crippen molar-refractivity contribution >= 4 is 41.3 Å². The summed E-state index contributed by atoms with van der Waals surface area (Å²) in [6, 6.07) is 18.7. The summed E-state index contributed by atoms with van der Waals surface area (Å²) in [4.78, 5) is 24.6. The summed E-state index contributed by atoms with van der Waals surface area (Å²) in [7, 11) is 0. The van der Waals surface area contributed by atoms with E-state index in [1.165, 1.54) is 6.21 Å². The van der Waals surface area contributed by atoms with Crippen molar-refractivity contribution in [1.29, 1.82) is 0 Å². The van der Waals surface area contributed by atoms with Crippen LogP contribution in [0.1, 0.15) is 34.8 Å². The van der Waals surface area contributed by atoms with Crippen LogP contribution in [-0.2, 0) is 4.79 Å². The van der Waals surface area contributed by atoms with E-state index < -0.39 is 18.0 Å². The minimum Gasteiger partial charge on any atom is -0.479 e. The molecule has 0 heterocycles. The average Bonchev–Trinajstić information content (AvgIpc) is 2.80. The minimum atomic E-state index is -0.774. The fourth-order valence-corrected chi connectivity index (χ4v) is 3.22. The number of nitrogens with one attached hydrogen (secondary N) is 1. The van der Waals surface area contributed by atoms with Crippen LogP contribution in [0.25, 0.3) is 0 Å². The van der Waals surface area contributed by atoms with Gasteiger partial charge in [-0.3, -0.25) is 4.79 Å². The summed E-state index contributed by atoms with van der Waals surface area (Å²) < 4.78 is 11.1. The van der Waals surface area contributed by atoms with Gasteiger partial charge in [-0.1, -0.05) is 47.8 Å². The van der Waals surface area contributed by atoms with Crippen molar-refractivity contribution in [3.63, 3.8) is 0 Å². The number of ether oxygens (including phenoxy) is 2. The van der Waals surface area contributed by atoms with Crippen molar-refractivity contribution in [2.75, 3.05) is 0 Å². The predicted octanol–water partition coefficient (Wildman–Crippen LogP) is 5.83. The second kappa shape index (κ2) is 11.5. The van der Waals surface area contributed by atoms with E-state index in [0.29, 0.717) is 39.1 Å². The molecule has 0 aliphatic rings. The fraction of sp³-hybridized carbons (Fsp3) is 0.160. The monoisotopic (exact) mass is 484 g/mol. The third-order valence-corrected chi connectivity index (χ3v) is 5.12. The van der Waals surface area contributed by atoms with E-state index in [0.717, 1.165) is 5.56 Å². The molecule has 0 aromatic heterocycles. The average molecular weight is 485 g/mol. The van der Waals surface area contributed by atoms with Gasteiger partial charge < -0.3 is 9.47 Å². The van der Waals surface area contributed by atoms with Gasteiger partial charge in [-0.25, -0.2) is 10.2 Å². The van der Waals surface area contributed by atoms with E-state index in [4.69, 9.17) is 32.7 Å². The van der Waals surface area contributed by atoms with Crippen molar-refractivity contribution in [2.45, 2.75) is 26.4 Å². The first-order valence-corrected chi connectivity index (χ1v) is 10.9.